The van der Waals surface area contributed by atoms with Gasteiger partial charge in [-0.1, -0.05) is 6.92 Å². The van der Waals surface area contributed by atoms with E-state index in [4.69, 9.17) is 0 Å². The molecule has 2 rings (SSSR count). The molecule has 0 aromatic heterocycles. The first-order valence-electron chi connectivity index (χ1n) is 4.03. The van der Waals surface area contributed by atoms with Crippen molar-refractivity contribution in [1.82, 2.24) is 5.32 Å². The Labute approximate surface area is 61.0 Å². The molecule has 0 bridgehead atoms. The average molecular weight is 139 g/mol. The number of fused-ring (bicyclic) bond motifs is 1. The molecule has 10 heavy (non-hydrogen) atoms. The van der Waals surface area contributed by atoms with Crippen LogP contribution in [0.5, 0.6) is 0 Å². The van der Waals surface area contributed by atoms with Gasteiger partial charge in [-0.2, -0.15) is 0 Å². The third-order valence-corrected chi connectivity index (χ3v) is 2.94. The summed E-state index contributed by atoms with van der Waals surface area (Å²) in [5, 5.41) is 3.26. The van der Waals surface area contributed by atoms with Crippen molar-refractivity contribution in [3.05, 3.63) is 0 Å². The molecule has 2 heteroatoms. The first kappa shape index (κ1) is 6.35. The lowest BCUT2D eigenvalue weighted by Crippen LogP contribution is -2.23. The summed E-state index contributed by atoms with van der Waals surface area (Å²) in [6, 6.07) is 0. The largest absolute Gasteiger partial charge is 0.315 e. The minimum Gasteiger partial charge on any atom is -0.315 e. The number of carbonyl (C=O) groups is 1. The highest BCUT2D eigenvalue weighted by Gasteiger charge is 2.61. The van der Waals surface area contributed by atoms with E-state index in [1.807, 2.05) is 6.92 Å². The van der Waals surface area contributed by atoms with E-state index in [-0.39, 0.29) is 5.41 Å². The van der Waals surface area contributed by atoms with Crippen LogP contribution in [0, 0.1) is 11.3 Å². The van der Waals surface area contributed by atoms with Gasteiger partial charge in [0.2, 0.25) is 0 Å². The van der Waals surface area contributed by atoms with Crippen molar-refractivity contribution < 1.29 is 4.79 Å². The predicted octanol–water partition coefficient (Wildman–Crippen LogP) is 0.575. The number of rotatable bonds is 2. The van der Waals surface area contributed by atoms with Gasteiger partial charge in [-0.05, 0) is 18.9 Å². The zero-order valence-corrected chi connectivity index (χ0v) is 6.31. The number of Topliss-reactive ketones (excluding diaryl/α,β-unsaturated/α-hetero) is 1. The molecule has 1 aliphatic carbocycles. The zero-order valence-electron chi connectivity index (χ0n) is 6.31. The van der Waals surface area contributed by atoms with Crippen LogP contribution >= 0.6 is 0 Å². The predicted molar refractivity (Wildman–Crippen MR) is 38.7 cm³/mol. The summed E-state index contributed by atoms with van der Waals surface area (Å²) in [5.41, 5.74) is 0.120. The molecule has 1 saturated heterocycles. The topological polar surface area (TPSA) is 29.1 Å². The molecule has 1 N–H and O–H groups in total. The van der Waals surface area contributed by atoms with E-state index in [1.54, 1.807) is 0 Å². The van der Waals surface area contributed by atoms with Crippen molar-refractivity contribution in [2.75, 3.05) is 13.1 Å². The SMILES string of the molecule is CCC(=O)[C@]12CNC[C@H]1C2. The van der Waals surface area contributed by atoms with Crippen LogP contribution in [-0.4, -0.2) is 18.9 Å². The van der Waals surface area contributed by atoms with Gasteiger partial charge in [0.15, 0.2) is 0 Å². The second-order valence-electron chi connectivity index (χ2n) is 3.46. The second-order valence-corrected chi connectivity index (χ2v) is 3.46. The molecule has 1 aliphatic heterocycles. The van der Waals surface area contributed by atoms with E-state index in [0.717, 1.165) is 25.9 Å². The maximum Gasteiger partial charge on any atom is 0.140 e. The Morgan fingerprint density at radius 1 is 1.80 bits per heavy atom. The van der Waals surface area contributed by atoms with Crippen LogP contribution in [0.25, 0.3) is 0 Å². The summed E-state index contributed by atoms with van der Waals surface area (Å²) in [5.74, 6) is 1.17. The van der Waals surface area contributed by atoms with Crippen molar-refractivity contribution >= 4 is 5.78 Å². The lowest BCUT2D eigenvalue weighted by Gasteiger charge is -2.06. The Morgan fingerprint density at radius 3 is 3.00 bits per heavy atom. The smallest absolute Gasteiger partial charge is 0.140 e. The Balaban J connectivity index is 2.11. The molecular formula is C8H13NO. The van der Waals surface area contributed by atoms with Gasteiger partial charge in [-0.25, -0.2) is 0 Å². The fraction of sp³-hybridized carbons (Fsp3) is 0.875. The van der Waals surface area contributed by atoms with E-state index < -0.39 is 0 Å². The molecule has 0 spiro atoms. The van der Waals surface area contributed by atoms with E-state index in [0.29, 0.717) is 11.7 Å². The Morgan fingerprint density at radius 2 is 2.60 bits per heavy atom. The van der Waals surface area contributed by atoms with Crippen LogP contribution in [-0.2, 0) is 4.79 Å². The van der Waals surface area contributed by atoms with Crippen molar-refractivity contribution in [2.24, 2.45) is 11.3 Å². The van der Waals surface area contributed by atoms with E-state index >= 15 is 0 Å². The number of carbonyl (C=O) groups excluding carboxylic acids is 1. The summed E-state index contributed by atoms with van der Waals surface area (Å²) in [6.45, 7) is 3.99. The second kappa shape index (κ2) is 1.82. The molecular weight excluding hydrogens is 126 g/mol. The molecule has 2 nitrogen and oxygen atoms in total. The molecule has 2 atom stereocenters. The van der Waals surface area contributed by atoms with Gasteiger partial charge >= 0.3 is 0 Å². The maximum absolute atomic E-state index is 11.3. The lowest BCUT2D eigenvalue weighted by atomic mass is 9.98. The highest BCUT2D eigenvalue weighted by Crippen LogP contribution is 2.55. The lowest BCUT2D eigenvalue weighted by molar-refractivity contribution is -0.123. The fourth-order valence-electron chi connectivity index (χ4n) is 2.13. The molecule has 0 aromatic rings. The molecule has 1 saturated carbocycles. The monoisotopic (exact) mass is 139 g/mol. The van der Waals surface area contributed by atoms with Crippen LogP contribution < -0.4 is 5.32 Å². The maximum atomic E-state index is 11.3. The van der Waals surface area contributed by atoms with Crippen molar-refractivity contribution in [3.63, 3.8) is 0 Å². The number of ketones is 1. The van der Waals surface area contributed by atoms with Gasteiger partial charge in [0.1, 0.15) is 5.78 Å². The summed E-state index contributed by atoms with van der Waals surface area (Å²) in [4.78, 5) is 11.3. The van der Waals surface area contributed by atoms with Crippen LogP contribution in [0.1, 0.15) is 19.8 Å². The van der Waals surface area contributed by atoms with Gasteiger partial charge in [0.25, 0.3) is 0 Å². The number of piperidine rings is 1. The van der Waals surface area contributed by atoms with Gasteiger partial charge in [0, 0.05) is 18.4 Å². The molecule has 0 amide bonds. The minimum atomic E-state index is 0.120. The van der Waals surface area contributed by atoms with Gasteiger partial charge in [-0.15, -0.1) is 0 Å². The normalized spacial score (nSPS) is 43.1. The summed E-state index contributed by atoms with van der Waals surface area (Å²) in [6.07, 6.45) is 1.88. The fourth-order valence-corrected chi connectivity index (χ4v) is 2.13. The molecule has 2 fully saturated rings. The Bertz CT molecular complexity index is 178. The summed E-state index contributed by atoms with van der Waals surface area (Å²) < 4.78 is 0. The number of nitrogens with one attached hydrogen (secondary N) is 1. The quantitative estimate of drug-likeness (QED) is 0.606. The van der Waals surface area contributed by atoms with Gasteiger partial charge < -0.3 is 5.32 Å². The third-order valence-electron chi connectivity index (χ3n) is 2.94. The first-order valence-corrected chi connectivity index (χ1v) is 4.03. The highest BCUT2D eigenvalue weighted by atomic mass is 16.1. The molecule has 1 heterocycles. The van der Waals surface area contributed by atoms with E-state index in [9.17, 15) is 4.79 Å². The van der Waals surface area contributed by atoms with Crippen LogP contribution in [0.3, 0.4) is 0 Å². The number of hydrogen-bond donors (Lipinski definition) is 1. The van der Waals surface area contributed by atoms with E-state index in [1.165, 1.54) is 0 Å². The average Bonchev–Trinajstić information content (AvgIpc) is 2.54. The minimum absolute atomic E-state index is 0.120. The molecule has 0 unspecified atom stereocenters. The van der Waals surface area contributed by atoms with Crippen LogP contribution in [0.2, 0.25) is 0 Å². The number of hydrogen-bond acceptors (Lipinski definition) is 2. The molecule has 2 aliphatic rings. The molecule has 0 aromatic carbocycles. The van der Waals surface area contributed by atoms with Gasteiger partial charge in [0.05, 0.1) is 0 Å². The van der Waals surface area contributed by atoms with Crippen molar-refractivity contribution in [2.45, 2.75) is 19.8 Å². The zero-order chi connectivity index (χ0) is 7.19. The van der Waals surface area contributed by atoms with Crippen LogP contribution in [0.15, 0.2) is 0 Å². The standard InChI is InChI=1S/C8H13NO/c1-2-7(10)8-3-6(8)4-9-5-8/h6,9H,2-5H2,1H3/t6-,8-/m1/s1. The third kappa shape index (κ3) is 0.601. The van der Waals surface area contributed by atoms with Gasteiger partial charge in [-0.3, -0.25) is 4.79 Å². The summed E-state index contributed by atoms with van der Waals surface area (Å²) >= 11 is 0. The highest BCUT2D eigenvalue weighted by molar-refractivity contribution is 5.88. The molecule has 56 valence electrons. The molecule has 0 radical (unpaired) electrons. The van der Waals surface area contributed by atoms with Crippen molar-refractivity contribution in [3.8, 4) is 0 Å². The van der Waals surface area contributed by atoms with Crippen LogP contribution in [0.4, 0.5) is 0 Å². The Kier molecular flexibility index (Phi) is 1.15. The van der Waals surface area contributed by atoms with E-state index in [2.05, 4.69) is 5.32 Å². The van der Waals surface area contributed by atoms with Crippen molar-refractivity contribution in [1.29, 1.82) is 0 Å². The Hall–Kier alpha value is -0.370. The summed E-state index contributed by atoms with van der Waals surface area (Å²) in [7, 11) is 0. The first-order chi connectivity index (χ1) is 4.79.